The molecule has 1 aromatic carbocycles. The van der Waals surface area contributed by atoms with E-state index in [4.69, 9.17) is 4.74 Å². The van der Waals surface area contributed by atoms with E-state index in [1.807, 2.05) is 6.92 Å². The van der Waals surface area contributed by atoms with Gasteiger partial charge in [-0.15, -0.1) is 0 Å². The van der Waals surface area contributed by atoms with Crippen LogP contribution in [0.15, 0.2) is 24.3 Å². The average Bonchev–Trinajstić information content (AvgIpc) is 2.37. The molecule has 106 valence electrons. The van der Waals surface area contributed by atoms with E-state index >= 15 is 0 Å². The van der Waals surface area contributed by atoms with Gasteiger partial charge in [-0.3, -0.25) is 10.1 Å². The Balaban J connectivity index is 2.62. The SMILES string of the molecule is COC(=O)C(C)NC(C)c1ccc(CC(C)C)cc1. The smallest absolute Gasteiger partial charge is 0.322 e. The summed E-state index contributed by atoms with van der Waals surface area (Å²) in [4.78, 5) is 11.4. The summed E-state index contributed by atoms with van der Waals surface area (Å²) in [5.41, 5.74) is 2.54. The largest absolute Gasteiger partial charge is 0.468 e. The predicted molar refractivity (Wildman–Crippen MR) is 78.0 cm³/mol. The maximum atomic E-state index is 11.4. The van der Waals surface area contributed by atoms with Crippen LogP contribution in [0, 0.1) is 5.92 Å². The lowest BCUT2D eigenvalue weighted by Gasteiger charge is -2.19. The van der Waals surface area contributed by atoms with E-state index in [0.29, 0.717) is 5.92 Å². The number of benzene rings is 1. The number of hydrogen-bond acceptors (Lipinski definition) is 3. The molecule has 3 heteroatoms. The van der Waals surface area contributed by atoms with Crippen molar-refractivity contribution < 1.29 is 9.53 Å². The van der Waals surface area contributed by atoms with E-state index in [1.54, 1.807) is 0 Å². The van der Waals surface area contributed by atoms with Crippen LogP contribution in [0.1, 0.15) is 44.9 Å². The fourth-order valence-electron chi connectivity index (χ4n) is 2.13. The number of esters is 1. The molecule has 2 unspecified atom stereocenters. The van der Waals surface area contributed by atoms with Gasteiger partial charge in [0.25, 0.3) is 0 Å². The third-order valence-corrected chi connectivity index (χ3v) is 3.18. The van der Waals surface area contributed by atoms with Crippen molar-refractivity contribution in [2.24, 2.45) is 5.92 Å². The Morgan fingerprint density at radius 2 is 1.74 bits per heavy atom. The molecule has 0 saturated heterocycles. The van der Waals surface area contributed by atoms with Crippen LogP contribution in [-0.2, 0) is 16.0 Å². The maximum absolute atomic E-state index is 11.4. The summed E-state index contributed by atoms with van der Waals surface area (Å²) in [6, 6.07) is 8.41. The van der Waals surface area contributed by atoms with Crippen molar-refractivity contribution in [2.45, 2.75) is 46.2 Å². The van der Waals surface area contributed by atoms with Crippen LogP contribution in [0.4, 0.5) is 0 Å². The molecular weight excluding hydrogens is 238 g/mol. The lowest BCUT2D eigenvalue weighted by atomic mass is 9.99. The summed E-state index contributed by atoms with van der Waals surface area (Å²) in [7, 11) is 1.41. The van der Waals surface area contributed by atoms with E-state index in [1.165, 1.54) is 18.2 Å². The Morgan fingerprint density at radius 3 is 2.21 bits per heavy atom. The van der Waals surface area contributed by atoms with Crippen molar-refractivity contribution >= 4 is 5.97 Å². The van der Waals surface area contributed by atoms with Gasteiger partial charge in [0.2, 0.25) is 0 Å². The van der Waals surface area contributed by atoms with E-state index < -0.39 is 0 Å². The second-order valence-corrected chi connectivity index (χ2v) is 5.47. The molecule has 0 aliphatic rings. The molecule has 19 heavy (non-hydrogen) atoms. The Bertz CT molecular complexity index is 398. The van der Waals surface area contributed by atoms with Gasteiger partial charge in [0.05, 0.1) is 7.11 Å². The zero-order valence-corrected chi connectivity index (χ0v) is 12.6. The van der Waals surface area contributed by atoms with Crippen LogP contribution in [0.25, 0.3) is 0 Å². The van der Waals surface area contributed by atoms with E-state index in [2.05, 4.69) is 50.4 Å². The van der Waals surface area contributed by atoms with Gasteiger partial charge in [-0.2, -0.15) is 0 Å². The molecule has 1 aromatic rings. The van der Waals surface area contributed by atoms with Gasteiger partial charge in [-0.1, -0.05) is 38.1 Å². The number of carbonyl (C=O) groups excluding carboxylic acids is 1. The molecule has 0 aromatic heterocycles. The third kappa shape index (κ3) is 5.03. The maximum Gasteiger partial charge on any atom is 0.322 e. The van der Waals surface area contributed by atoms with Crippen molar-refractivity contribution in [1.29, 1.82) is 0 Å². The summed E-state index contributed by atoms with van der Waals surface area (Å²) in [5.74, 6) is 0.434. The standard InChI is InChI=1S/C16H25NO2/c1-11(2)10-14-6-8-15(9-7-14)12(3)17-13(4)16(18)19-5/h6-9,11-13,17H,10H2,1-5H3. The first-order valence-electron chi connectivity index (χ1n) is 6.86. The van der Waals surface area contributed by atoms with Crippen LogP contribution in [0.2, 0.25) is 0 Å². The Labute approximate surface area is 116 Å². The number of ether oxygens (including phenoxy) is 1. The minimum atomic E-state index is -0.296. The predicted octanol–water partition coefficient (Wildman–Crippen LogP) is 3.10. The van der Waals surface area contributed by atoms with Gasteiger partial charge in [-0.05, 0) is 37.3 Å². The zero-order chi connectivity index (χ0) is 14.4. The van der Waals surface area contributed by atoms with Crippen LogP contribution in [-0.4, -0.2) is 19.1 Å². The minimum Gasteiger partial charge on any atom is -0.468 e. The Morgan fingerprint density at radius 1 is 1.16 bits per heavy atom. The number of carbonyl (C=O) groups is 1. The Hall–Kier alpha value is -1.35. The molecule has 1 rings (SSSR count). The van der Waals surface area contributed by atoms with Crippen LogP contribution >= 0.6 is 0 Å². The first-order valence-corrected chi connectivity index (χ1v) is 6.86. The van der Waals surface area contributed by atoms with Crippen LogP contribution < -0.4 is 5.32 Å². The van der Waals surface area contributed by atoms with E-state index in [0.717, 1.165) is 6.42 Å². The average molecular weight is 263 g/mol. The summed E-state index contributed by atoms with van der Waals surface area (Å²) in [5, 5.41) is 3.23. The number of rotatable bonds is 6. The van der Waals surface area contributed by atoms with Gasteiger partial charge in [-0.25, -0.2) is 0 Å². The second-order valence-electron chi connectivity index (χ2n) is 5.47. The number of nitrogens with one attached hydrogen (secondary N) is 1. The number of hydrogen-bond donors (Lipinski definition) is 1. The molecule has 3 nitrogen and oxygen atoms in total. The first kappa shape index (κ1) is 15.7. The molecular formula is C16H25NO2. The first-order chi connectivity index (χ1) is 8.93. The molecule has 0 aliphatic heterocycles. The fourth-order valence-corrected chi connectivity index (χ4v) is 2.13. The molecule has 0 fully saturated rings. The quantitative estimate of drug-likeness (QED) is 0.801. The highest BCUT2D eigenvalue weighted by atomic mass is 16.5. The van der Waals surface area contributed by atoms with Crippen molar-refractivity contribution in [2.75, 3.05) is 7.11 Å². The zero-order valence-electron chi connectivity index (χ0n) is 12.6. The fraction of sp³-hybridized carbons (Fsp3) is 0.562. The Kier molecular flexibility index (Phi) is 6.03. The molecule has 0 spiro atoms. The third-order valence-electron chi connectivity index (χ3n) is 3.18. The lowest BCUT2D eigenvalue weighted by molar-refractivity contribution is -0.142. The van der Waals surface area contributed by atoms with E-state index in [-0.39, 0.29) is 18.1 Å². The highest BCUT2D eigenvalue weighted by Gasteiger charge is 2.16. The molecule has 0 bridgehead atoms. The summed E-state index contributed by atoms with van der Waals surface area (Å²) >= 11 is 0. The van der Waals surface area contributed by atoms with Gasteiger partial charge in [0.1, 0.15) is 6.04 Å². The van der Waals surface area contributed by atoms with Crippen molar-refractivity contribution in [3.63, 3.8) is 0 Å². The monoisotopic (exact) mass is 263 g/mol. The van der Waals surface area contributed by atoms with Crippen LogP contribution in [0.3, 0.4) is 0 Å². The van der Waals surface area contributed by atoms with Crippen molar-refractivity contribution in [3.8, 4) is 0 Å². The summed E-state index contributed by atoms with van der Waals surface area (Å²) in [6.45, 7) is 8.30. The normalized spacial score (nSPS) is 14.2. The molecule has 2 atom stereocenters. The van der Waals surface area contributed by atoms with Gasteiger partial charge >= 0.3 is 5.97 Å². The molecule has 0 heterocycles. The highest BCUT2D eigenvalue weighted by molar-refractivity contribution is 5.75. The second kappa shape index (κ2) is 7.29. The molecule has 0 aliphatic carbocycles. The summed E-state index contributed by atoms with van der Waals surface area (Å²) < 4.78 is 4.71. The highest BCUT2D eigenvalue weighted by Crippen LogP contribution is 2.16. The molecule has 0 radical (unpaired) electrons. The van der Waals surface area contributed by atoms with Gasteiger partial charge in [0, 0.05) is 6.04 Å². The van der Waals surface area contributed by atoms with Gasteiger partial charge in [0.15, 0.2) is 0 Å². The minimum absolute atomic E-state index is 0.127. The van der Waals surface area contributed by atoms with Crippen molar-refractivity contribution in [3.05, 3.63) is 35.4 Å². The van der Waals surface area contributed by atoms with Crippen LogP contribution in [0.5, 0.6) is 0 Å². The molecule has 0 saturated carbocycles. The van der Waals surface area contributed by atoms with Gasteiger partial charge < -0.3 is 4.74 Å². The number of methoxy groups -OCH3 is 1. The molecule has 1 N–H and O–H groups in total. The van der Waals surface area contributed by atoms with Crippen molar-refractivity contribution in [1.82, 2.24) is 5.32 Å². The topological polar surface area (TPSA) is 38.3 Å². The lowest BCUT2D eigenvalue weighted by Crippen LogP contribution is -2.36. The molecule has 0 amide bonds. The van der Waals surface area contributed by atoms with E-state index in [9.17, 15) is 4.79 Å². The summed E-state index contributed by atoms with van der Waals surface area (Å²) in [6.07, 6.45) is 1.10.